The fraction of sp³-hybridized carbons (Fsp3) is 0.308. The number of aromatic amines is 1. The molecule has 2 heterocycles. The van der Waals surface area contributed by atoms with Crippen LogP contribution in [-0.4, -0.2) is 22.1 Å². The highest BCUT2D eigenvalue weighted by atomic mass is 32.2. The fourth-order valence-electron chi connectivity index (χ4n) is 1.71. The van der Waals surface area contributed by atoms with Crippen molar-refractivity contribution >= 4 is 17.7 Å². The number of amides is 1. The highest BCUT2D eigenvalue weighted by Crippen LogP contribution is 2.13. The number of aryl methyl sites for hydroxylation is 1. The van der Waals surface area contributed by atoms with E-state index in [0.717, 1.165) is 11.5 Å². The van der Waals surface area contributed by atoms with Gasteiger partial charge in [-0.3, -0.25) is 9.59 Å². The topological polar surface area (TPSA) is 88.0 Å². The molecule has 0 fully saturated rings. The van der Waals surface area contributed by atoms with Gasteiger partial charge in [-0.15, -0.1) is 0 Å². The van der Waals surface area contributed by atoms with Crippen molar-refractivity contribution in [2.24, 2.45) is 0 Å². The summed E-state index contributed by atoms with van der Waals surface area (Å²) in [5, 5.41) is 2.67. The summed E-state index contributed by atoms with van der Waals surface area (Å²) in [6.45, 7) is 1.87. The lowest BCUT2D eigenvalue weighted by molar-refractivity contribution is 0.0921. The van der Waals surface area contributed by atoms with Gasteiger partial charge in [0.25, 0.3) is 11.5 Å². The Morgan fingerprint density at radius 2 is 2.30 bits per heavy atom. The van der Waals surface area contributed by atoms with Crippen molar-refractivity contribution < 1.29 is 9.21 Å². The van der Waals surface area contributed by atoms with Crippen molar-refractivity contribution in [3.05, 3.63) is 51.6 Å². The Labute approximate surface area is 120 Å². The molecule has 0 saturated carbocycles. The predicted molar refractivity (Wildman–Crippen MR) is 76.7 cm³/mol. The molecule has 2 aromatic heterocycles. The van der Waals surface area contributed by atoms with Gasteiger partial charge in [0.15, 0.2) is 5.76 Å². The van der Waals surface area contributed by atoms with Crippen LogP contribution in [0.4, 0.5) is 0 Å². The van der Waals surface area contributed by atoms with Gasteiger partial charge in [0.2, 0.25) is 0 Å². The van der Waals surface area contributed by atoms with Gasteiger partial charge in [-0.2, -0.15) is 11.8 Å². The third kappa shape index (κ3) is 3.74. The average molecular weight is 293 g/mol. The minimum Gasteiger partial charge on any atom is -0.455 e. The maximum absolute atomic E-state index is 11.9. The van der Waals surface area contributed by atoms with Crippen molar-refractivity contribution in [2.45, 2.75) is 19.2 Å². The first-order chi connectivity index (χ1) is 9.58. The van der Waals surface area contributed by atoms with Crippen LogP contribution in [0.15, 0.2) is 27.4 Å². The number of nitrogens with one attached hydrogen (secondary N) is 2. The Balaban J connectivity index is 1.98. The monoisotopic (exact) mass is 293 g/mol. The van der Waals surface area contributed by atoms with E-state index in [1.165, 1.54) is 6.07 Å². The number of aromatic nitrogens is 2. The van der Waals surface area contributed by atoms with Crippen molar-refractivity contribution in [3.63, 3.8) is 0 Å². The quantitative estimate of drug-likeness (QED) is 0.871. The molecule has 6 nitrogen and oxygen atoms in total. The SMILES string of the molecule is CSCc1ccc(C(=O)NCc2cc(=O)[nH]c(C)n2)o1. The molecule has 1 amide bonds. The zero-order chi connectivity index (χ0) is 14.5. The Kier molecular flexibility index (Phi) is 4.62. The third-order valence-corrected chi connectivity index (χ3v) is 3.09. The molecule has 0 aliphatic carbocycles. The van der Waals surface area contributed by atoms with Gasteiger partial charge < -0.3 is 14.7 Å². The highest BCUT2D eigenvalue weighted by Gasteiger charge is 2.11. The van der Waals surface area contributed by atoms with Crippen LogP contribution < -0.4 is 10.9 Å². The van der Waals surface area contributed by atoms with E-state index in [4.69, 9.17) is 4.42 Å². The van der Waals surface area contributed by atoms with Gasteiger partial charge in [0.1, 0.15) is 11.6 Å². The van der Waals surface area contributed by atoms with E-state index in [-0.39, 0.29) is 23.8 Å². The van der Waals surface area contributed by atoms with Gasteiger partial charge in [-0.25, -0.2) is 4.98 Å². The second-order valence-corrected chi connectivity index (χ2v) is 5.07. The van der Waals surface area contributed by atoms with Crippen LogP contribution >= 0.6 is 11.8 Å². The molecular formula is C13H15N3O3S. The Morgan fingerprint density at radius 1 is 1.50 bits per heavy atom. The van der Waals surface area contributed by atoms with E-state index in [9.17, 15) is 9.59 Å². The van der Waals surface area contributed by atoms with Crippen LogP contribution in [-0.2, 0) is 12.3 Å². The zero-order valence-corrected chi connectivity index (χ0v) is 12.0. The Bertz CT molecular complexity index is 663. The number of rotatable bonds is 5. The summed E-state index contributed by atoms with van der Waals surface area (Å²) in [5.74, 6) is 1.93. The smallest absolute Gasteiger partial charge is 0.287 e. The minimum absolute atomic E-state index is 0.183. The van der Waals surface area contributed by atoms with E-state index in [2.05, 4.69) is 15.3 Å². The summed E-state index contributed by atoms with van der Waals surface area (Å²) in [4.78, 5) is 29.8. The number of hydrogen-bond donors (Lipinski definition) is 2. The summed E-state index contributed by atoms with van der Waals surface area (Å²) in [5.41, 5.74) is 0.275. The van der Waals surface area contributed by atoms with Crippen LogP contribution in [0.5, 0.6) is 0 Å². The van der Waals surface area contributed by atoms with Crippen molar-refractivity contribution in [2.75, 3.05) is 6.26 Å². The third-order valence-electron chi connectivity index (χ3n) is 2.52. The number of carbonyl (C=O) groups excluding carboxylic acids is 1. The molecule has 106 valence electrons. The van der Waals surface area contributed by atoms with Crippen LogP contribution in [0, 0.1) is 6.92 Å². The zero-order valence-electron chi connectivity index (χ0n) is 11.2. The van der Waals surface area contributed by atoms with E-state index in [1.54, 1.807) is 30.8 Å². The molecule has 0 unspecified atom stereocenters. The van der Waals surface area contributed by atoms with Crippen molar-refractivity contribution in [3.8, 4) is 0 Å². The summed E-state index contributed by atoms with van der Waals surface area (Å²) in [7, 11) is 0. The number of thioether (sulfide) groups is 1. The van der Waals surface area contributed by atoms with E-state index in [1.807, 2.05) is 6.26 Å². The molecule has 0 aliphatic heterocycles. The molecule has 7 heteroatoms. The van der Waals surface area contributed by atoms with Gasteiger partial charge in [-0.1, -0.05) is 0 Å². The van der Waals surface area contributed by atoms with Crippen LogP contribution in [0.2, 0.25) is 0 Å². The normalized spacial score (nSPS) is 10.5. The molecule has 20 heavy (non-hydrogen) atoms. The maximum Gasteiger partial charge on any atom is 0.287 e. The molecular weight excluding hydrogens is 278 g/mol. The number of furan rings is 1. The standard InChI is InChI=1S/C13H15N3O3S/c1-8-15-9(5-12(17)16-8)6-14-13(18)11-4-3-10(19-11)7-20-2/h3-5H,6-7H2,1-2H3,(H,14,18)(H,15,16,17). The van der Waals surface area contributed by atoms with Crippen molar-refractivity contribution in [1.29, 1.82) is 0 Å². The molecule has 0 aromatic carbocycles. The summed E-state index contributed by atoms with van der Waals surface area (Å²) in [6.07, 6.45) is 1.96. The van der Waals surface area contributed by atoms with E-state index in [0.29, 0.717) is 11.5 Å². The number of carbonyl (C=O) groups is 1. The minimum atomic E-state index is -0.322. The summed E-state index contributed by atoms with van der Waals surface area (Å²) < 4.78 is 5.40. The molecule has 0 radical (unpaired) electrons. The second kappa shape index (κ2) is 6.42. The van der Waals surface area contributed by atoms with Gasteiger partial charge in [-0.05, 0) is 25.3 Å². The number of H-pyrrole nitrogens is 1. The first-order valence-corrected chi connectivity index (χ1v) is 7.40. The molecule has 0 saturated heterocycles. The average Bonchev–Trinajstić information content (AvgIpc) is 2.84. The largest absolute Gasteiger partial charge is 0.455 e. The summed E-state index contributed by atoms with van der Waals surface area (Å²) in [6, 6.07) is 4.77. The Hall–Kier alpha value is -2.02. The van der Waals surface area contributed by atoms with Crippen LogP contribution in [0.1, 0.15) is 27.8 Å². The van der Waals surface area contributed by atoms with E-state index < -0.39 is 0 Å². The van der Waals surface area contributed by atoms with Crippen molar-refractivity contribution in [1.82, 2.24) is 15.3 Å². The molecule has 0 spiro atoms. The molecule has 2 N–H and O–H groups in total. The first-order valence-electron chi connectivity index (χ1n) is 6.01. The molecule has 0 aliphatic rings. The Morgan fingerprint density at radius 3 is 3.00 bits per heavy atom. The first kappa shape index (κ1) is 14.4. The van der Waals surface area contributed by atoms with Gasteiger partial charge in [0.05, 0.1) is 18.0 Å². The highest BCUT2D eigenvalue weighted by molar-refractivity contribution is 7.97. The lowest BCUT2D eigenvalue weighted by Crippen LogP contribution is -2.24. The lowest BCUT2D eigenvalue weighted by Gasteiger charge is -2.03. The second-order valence-electron chi connectivity index (χ2n) is 4.20. The molecule has 0 atom stereocenters. The number of hydrogen-bond acceptors (Lipinski definition) is 5. The molecule has 2 rings (SSSR count). The predicted octanol–water partition coefficient (Wildman–Crippen LogP) is 1.46. The summed E-state index contributed by atoms with van der Waals surface area (Å²) >= 11 is 1.62. The van der Waals surface area contributed by atoms with Gasteiger partial charge >= 0.3 is 0 Å². The maximum atomic E-state index is 11.9. The molecule has 0 bridgehead atoms. The molecule has 2 aromatic rings. The lowest BCUT2D eigenvalue weighted by atomic mass is 10.3. The number of nitrogens with zero attached hydrogens (tertiary/aromatic N) is 1. The van der Waals surface area contributed by atoms with Gasteiger partial charge in [0, 0.05) is 6.07 Å². The van der Waals surface area contributed by atoms with E-state index >= 15 is 0 Å². The van der Waals surface area contributed by atoms with Crippen LogP contribution in [0.25, 0.3) is 0 Å². The van der Waals surface area contributed by atoms with Crippen LogP contribution in [0.3, 0.4) is 0 Å². The fourth-order valence-corrected chi connectivity index (χ4v) is 2.15.